The SMILES string of the molecule is COc1ccc(-n2nc(OCC(C)C)nc2-c2ccc(OCCO)cc2)cc1. The molecule has 0 amide bonds. The molecule has 0 spiro atoms. The van der Waals surface area contributed by atoms with Crippen LogP contribution in [-0.4, -0.2) is 46.8 Å². The van der Waals surface area contributed by atoms with Crippen LogP contribution in [0.25, 0.3) is 17.1 Å². The topological polar surface area (TPSA) is 78.6 Å². The van der Waals surface area contributed by atoms with E-state index < -0.39 is 0 Å². The molecular formula is C21H25N3O4. The minimum atomic E-state index is -0.0237. The van der Waals surface area contributed by atoms with E-state index in [0.717, 1.165) is 17.0 Å². The van der Waals surface area contributed by atoms with Crippen molar-refractivity contribution in [3.05, 3.63) is 48.5 Å². The molecule has 148 valence electrons. The number of methoxy groups -OCH3 is 1. The minimum absolute atomic E-state index is 0.0237. The maximum Gasteiger partial charge on any atom is 0.336 e. The Balaban J connectivity index is 1.94. The van der Waals surface area contributed by atoms with Gasteiger partial charge in [-0.25, -0.2) is 4.68 Å². The number of aliphatic hydroxyl groups is 1. The average Bonchev–Trinajstić information content (AvgIpc) is 3.15. The van der Waals surface area contributed by atoms with E-state index in [1.807, 2.05) is 48.5 Å². The molecule has 3 rings (SSSR count). The highest BCUT2D eigenvalue weighted by Gasteiger charge is 2.15. The van der Waals surface area contributed by atoms with E-state index in [9.17, 15) is 0 Å². The van der Waals surface area contributed by atoms with Crippen molar-refractivity contribution < 1.29 is 19.3 Å². The summed E-state index contributed by atoms with van der Waals surface area (Å²) in [6.07, 6.45) is 0. The number of hydrogen-bond acceptors (Lipinski definition) is 6. The molecule has 0 unspecified atom stereocenters. The second kappa shape index (κ2) is 9.23. The molecule has 1 N–H and O–H groups in total. The first-order valence-corrected chi connectivity index (χ1v) is 9.19. The van der Waals surface area contributed by atoms with Gasteiger partial charge >= 0.3 is 6.01 Å². The lowest BCUT2D eigenvalue weighted by molar-refractivity contribution is 0.201. The molecule has 28 heavy (non-hydrogen) atoms. The van der Waals surface area contributed by atoms with Crippen molar-refractivity contribution in [2.75, 3.05) is 26.9 Å². The number of aromatic nitrogens is 3. The van der Waals surface area contributed by atoms with Gasteiger partial charge in [0.1, 0.15) is 18.1 Å². The van der Waals surface area contributed by atoms with Gasteiger partial charge in [0.05, 0.1) is 26.0 Å². The fraction of sp³-hybridized carbons (Fsp3) is 0.333. The van der Waals surface area contributed by atoms with Crippen LogP contribution in [0.4, 0.5) is 0 Å². The molecule has 0 aliphatic rings. The standard InChI is InChI=1S/C21H25N3O4/c1-15(2)14-28-21-22-20(16-4-8-19(9-5-16)27-13-12-25)24(23-21)17-6-10-18(26-3)11-7-17/h4-11,15,25H,12-14H2,1-3H3. The van der Waals surface area contributed by atoms with E-state index in [-0.39, 0.29) is 13.2 Å². The third-order valence-electron chi connectivity index (χ3n) is 3.92. The molecule has 2 aromatic carbocycles. The lowest BCUT2D eigenvalue weighted by Gasteiger charge is -2.08. The van der Waals surface area contributed by atoms with Crippen molar-refractivity contribution >= 4 is 0 Å². The first-order valence-electron chi connectivity index (χ1n) is 9.19. The molecule has 7 nitrogen and oxygen atoms in total. The molecule has 0 aliphatic heterocycles. The summed E-state index contributed by atoms with van der Waals surface area (Å²) in [5, 5.41) is 13.4. The average molecular weight is 383 g/mol. The first kappa shape index (κ1) is 19.7. The molecule has 0 aliphatic carbocycles. The van der Waals surface area contributed by atoms with Crippen LogP contribution < -0.4 is 14.2 Å². The summed E-state index contributed by atoms with van der Waals surface area (Å²) in [4.78, 5) is 4.58. The van der Waals surface area contributed by atoms with Gasteiger partial charge in [0.15, 0.2) is 5.82 Å². The molecule has 7 heteroatoms. The lowest BCUT2D eigenvalue weighted by Crippen LogP contribution is -2.06. The van der Waals surface area contributed by atoms with Crippen molar-refractivity contribution in [3.63, 3.8) is 0 Å². The molecule has 3 aromatic rings. The Hall–Kier alpha value is -3.06. The highest BCUT2D eigenvalue weighted by molar-refractivity contribution is 5.59. The normalized spacial score (nSPS) is 10.9. The molecule has 1 heterocycles. The van der Waals surface area contributed by atoms with Crippen molar-refractivity contribution in [2.24, 2.45) is 5.92 Å². The van der Waals surface area contributed by atoms with E-state index in [4.69, 9.17) is 19.3 Å². The predicted molar refractivity (Wildman–Crippen MR) is 106 cm³/mol. The molecule has 0 fully saturated rings. The molecule has 0 saturated carbocycles. The summed E-state index contributed by atoms with van der Waals surface area (Å²) in [7, 11) is 1.63. The van der Waals surface area contributed by atoms with Crippen LogP contribution in [0.3, 0.4) is 0 Å². The number of nitrogens with zero attached hydrogens (tertiary/aromatic N) is 3. The zero-order chi connectivity index (χ0) is 19.9. The van der Waals surface area contributed by atoms with Crippen LogP contribution in [0, 0.1) is 5.92 Å². The number of aliphatic hydroxyl groups excluding tert-OH is 1. The number of rotatable bonds is 9. The summed E-state index contributed by atoms with van der Waals surface area (Å²) in [6.45, 7) is 4.93. The van der Waals surface area contributed by atoms with Gasteiger partial charge in [0, 0.05) is 5.56 Å². The molecule has 0 bridgehead atoms. The van der Waals surface area contributed by atoms with Crippen LogP contribution in [-0.2, 0) is 0 Å². The second-order valence-electron chi connectivity index (χ2n) is 6.63. The van der Waals surface area contributed by atoms with E-state index in [2.05, 4.69) is 23.9 Å². The van der Waals surface area contributed by atoms with Gasteiger partial charge in [-0.05, 0) is 54.4 Å². The largest absolute Gasteiger partial charge is 0.497 e. The monoisotopic (exact) mass is 383 g/mol. The van der Waals surface area contributed by atoms with Crippen LogP contribution in [0.15, 0.2) is 48.5 Å². The van der Waals surface area contributed by atoms with Crippen molar-refractivity contribution in [1.29, 1.82) is 0 Å². The zero-order valence-electron chi connectivity index (χ0n) is 16.3. The lowest BCUT2D eigenvalue weighted by atomic mass is 10.2. The predicted octanol–water partition coefficient (Wildman–Crippen LogP) is 3.35. The quantitative estimate of drug-likeness (QED) is 0.610. The number of benzene rings is 2. The first-order chi connectivity index (χ1) is 13.6. The van der Waals surface area contributed by atoms with Gasteiger partial charge < -0.3 is 19.3 Å². The Morgan fingerprint density at radius 3 is 2.25 bits per heavy atom. The third-order valence-corrected chi connectivity index (χ3v) is 3.92. The van der Waals surface area contributed by atoms with Gasteiger partial charge in [0.25, 0.3) is 0 Å². The van der Waals surface area contributed by atoms with E-state index >= 15 is 0 Å². The van der Waals surface area contributed by atoms with E-state index in [1.54, 1.807) is 11.8 Å². The van der Waals surface area contributed by atoms with Gasteiger partial charge in [0.2, 0.25) is 0 Å². The summed E-state index contributed by atoms with van der Waals surface area (Å²) >= 11 is 0. The van der Waals surface area contributed by atoms with Crippen LogP contribution in [0.5, 0.6) is 17.5 Å². The molecule has 1 aromatic heterocycles. The molecule has 0 saturated heterocycles. The molecular weight excluding hydrogens is 358 g/mol. The van der Waals surface area contributed by atoms with Crippen LogP contribution in [0.1, 0.15) is 13.8 Å². The Kier molecular flexibility index (Phi) is 6.49. The fourth-order valence-electron chi connectivity index (χ4n) is 2.55. The van der Waals surface area contributed by atoms with Crippen molar-refractivity contribution in [1.82, 2.24) is 14.8 Å². The highest BCUT2D eigenvalue weighted by Crippen LogP contribution is 2.26. The maximum atomic E-state index is 8.88. The van der Waals surface area contributed by atoms with Gasteiger partial charge in [-0.15, -0.1) is 5.10 Å². The molecule has 0 radical (unpaired) electrons. The summed E-state index contributed by atoms with van der Waals surface area (Å²) < 4.78 is 18.1. The Morgan fingerprint density at radius 2 is 1.64 bits per heavy atom. The van der Waals surface area contributed by atoms with Gasteiger partial charge in [-0.3, -0.25) is 0 Å². The van der Waals surface area contributed by atoms with Gasteiger partial charge in [-0.2, -0.15) is 4.98 Å². The van der Waals surface area contributed by atoms with Crippen molar-refractivity contribution in [3.8, 4) is 34.6 Å². The summed E-state index contributed by atoms with van der Waals surface area (Å²) in [6, 6.07) is 15.4. The Labute approximate surface area is 164 Å². The van der Waals surface area contributed by atoms with Crippen molar-refractivity contribution in [2.45, 2.75) is 13.8 Å². The number of hydrogen-bond donors (Lipinski definition) is 1. The smallest absolute Gasteiger partial charge is 0.336 e. The highest BCUT2D eigenvalue weighted by atomic mass is 16.5. The Bertz CT molecular complexity index is 874. The summed E-state index contributed by atoms with van der Waals surface area (Å²) in [5.74, 6) is 2.49. The summed E-state index contributed by atoms with van der Waals surface area (Å²) in [5.41, 5.74) is 1.72. The third kappa shape index (κ3) is 4.80. The van der Waals surface area contributed by atoms with E-state index in [1.165, 1.54) is 0 Å². The van der Waals surface area contributed by atoms with E-state index in [0.29, 0.717) is 30.1 Å². The minimum Gasteiger partial charge on any atom is -0.497 e. The van der Waals surface area contributed by atoms with Crippen LogP contribution in [0.2, 0.25) is 0 Å². The maximum absolute atomic E-state index is 8.88. The zero-order valence-corrected chi connectivity index (χ0v) is 16.3. The fourth-order valence-corrected chi connectivity index (χ4v) is 2.55. The van der Waals surface area contributed by atoms with Crippen LogP contribution >= 0.6 is 0 Å². The second-order valence-corrected chi connectivity index (χ2v) is 6.63. The Morgan fingerprint density at radius 1 is 0.964 bits per heavy atom. The molecule has 0 atom stereocenters. The van der Waals surface area contributed by atoms with Gasteiger partial charge in [-0.1, -0.05) is 13.8 Å². The number of ether oxygens (including phenoxy) is 3.